The maximum Gasteiger partial charge on any atom is 0.268 e. The summed E-state index contributed by atoms with van der Waals surface area (Å²) < 4.78 is 19.2. The van der Waals surface area contributed by atoms with Crippen LogP contribution in [0.2, 0.25) is 0 Å². The van der Waals surface area contributed by atoms with Gasteiger partial charge in [0.15, 0.2) is 5.82 Å². The summed E-state index contributed by atoms with van der Waals surface area (Å²) in [6.45, 7) is 3.29. The first-order chi connectivity index (χ1) is 13.4. The Labute approximate surface area is 162 Å². The molecule has 4 rings (SSSR count). The number of anilines is 1. The Bertz CT molecular complexity index is 817. The number of aliphatic hydroxyl groups is 1. The monoisotopic (exact) mass is 389 g/mol. The number of nitrogens with one attached hydrogen (secondary N) is 2. The maximum absolute atomic E-state index is 13.0. The minimum atomic E-state index is -1.09. The van der Waals surface area contributed by atoms with Gasteiger partial charge in [-0.1, -0.05) is 0 Å². The first kappa shape index (κ1) is 18.8. The second-order valence-corrected chi connectivity index (χ2v) is 7.83. The number of amides is 1. The van der Waals surface area contributed by atoms with Crippen molar-refractivity contribution in [1.29, 1.82) is 0 Å². The second kappa shape index (κ2) is 7.14. The summed E-state index contributed by atoms with van der Waals surface area (Å²) in [6, 6.07) is 2.94. The zero-order valence-electron chi connectivity index (χ0n) is 15.7. The average molecular weight is 389 g/mol. The van der Waals surface area contributed by atoms with Crippen molar-refractivity contribution in [1.82, 2.24) is 20.3 Å². The molecule has 2 fully saturated rings. The van der Waals surface area contributed by atoms with E-state index in [1.807, 2.05) is 4.90 Å². The molecule has 0 radical (unpaired) electrons. The highest BCUT2D eigenvalue weighted by molar-refractivity contribution is 5.92. The molecule has 2 aromatic heterocycles. The molecule has 3 N–H and O–H groups in total. The third kappa shape index (κ3) is 3.72. The van der Waals surface area contributed by atoms with E-state index in [-0.39, 0.29) is 12.5 Å². The Morgan fingerprint density at radius 2 is 2.11 bits per heavy atom. The number of H-pyrrole nitrogens is 1. The van der Waals surface area contributed by atoms with Crippen LogP contribution in [0.15, 0.2) is 30.7 Å². The molecule has 2 atom stereocenters. The van der Waals surface area contributed by atoms with E-state index in [1.165, 1.54) is 0 Å². The Morgan fingerprint density at radius 3 is 2.71 bits per heavy atom. The van der Waals surface area contributed by atoms with E-state index in [0.29, 0.717) is 44.0 Å². The fourth-order valence-electron chi connectivity index (χ4n) is 4.07. The molecule has 0 aromatic carbocycles. The highest BCUT2D eigenvalue weighted by Crippen LogP contribution is 2.40. The number of halogens is 1. The van der Waals surface area contributed by atoms with Gasteiger partial charge in [-0.15, -0.1) is 0 Å². The Kier molecular flexibility index (Phi) is 4.80. The van der Waals surface area contributed by atoms with Crippen LogP contribution in [-0.4, -0.2) is 62.9 Å². The Balaban J connectivity index is 1.38. The van der Waals surface area contributed by atoms with Crippen molar-refractivity contribution in [2.24, 2.45) is 0 Å². The molecule has 1 amide bonds. The molecule has 0 unspecified atom stereocenters. The molecule has 0 saturated carbocycles. The van der Waals surface area contributed by atoms with Crippen LogP contribution in [0.5, 0.6) is 0 Å². The number of nitrogens with zero attached hydrogens (tertiary/aromatic N) is 3. The third-order valence-corrected chi connectivity index (χ3v) is 5.70. The molecular weight excluding hydrogens is 365 g/mol. The van der Waals surface area contributed by atoms with Crippen molar-refractivity contribution in [3.8, 4) is 0 Å². The summed E-state index contributed by atoms with van der Waals surface area (Å²) in [4.78, 5) is 25.2. The van der Waals surface area contributed by atoms with Crippen molar-refractivity contribution < 1.29 is 19.0 Å². The number of aromatic nitrogens is 3. The van der Waals surface area contributed by atoms with E-state index in [1.54, 1.807) is 25.3 Å². The van der Waals surface area contributed by atoms with Crippen LogP contribution in [0.25, 0.3) is 0 Å². The lowest BCUT2D eigenvalue weighted by atomic mass is 9.75. The van der Waals surface area contributed by atoms with Crippen LogP contribution in [0.3, 0.4) is 0 Å². The van der Waals surface area contributed by atoms with Crippen LogP contribution in [0.1, 0.15) is 36.7 Å². The van der Waals surface area contributed by atoms with Crippen LogP contribution in [0.4, 0.5) is 10.3 Å². The highest BCUT2D eigenvalue weighted by Gasteiger charge is 2.49. The van der Waals surface area contributed by atoms with Gasteiger partial charge >= 0.3 is 0 Å². The SMILES string of the molecule is C[C@]1(O)CC2(CCN(c3ncc(F)cn3)CC2)OC[C@@H]1NC(=O)c1ccc[nH]1. The van der Waals surface area contributed by atoms with Crippen molar-refractivity contribution >= 4 is 11.9 Å². The van der Waals surface area contributed by atoms with Crippen LogP contribution in [-0.2, 0) is 4.74 Å². The molecule has 150 valence electrons. The van der Waals surface area contributed by atoms with Gasteiger partial charge in [-0.25, -0.2) is 14.4 Å². The number of carbonyl (C=O) groups excluding carboxylic acids is 1. The highest BCUT2D eigenvalue weighted by atomic mass is 19.1. The number of hydrogen-bond acceptors (Lipinski definition) is 6. The van der Waals surface area contributed by atoms with E-state index in [4.69, 9.17) is 4.74 Å². The zero-order valence-corrected chi connectivity index (χ0v) is 15.7. The molecule has 0 bridgehead atoms. The fourth-order valence-corrected chi connectivity index (χ4v) is 4.07. The summed E-state index contributed by atoms with van der Waals surface area (Å²) in [5.41, 5.74) is -1.09. The van der Waals surface area contributed by atoms with E-state index in [2.05, 4.69) is 20.3 Å². The molecule has 2 aliphatic rings. The third-order valence-electron chi connectivity index (χ3n) is 5.70. The fraction of sp³-hybridized carbons (Fsp3) is 0.526. The molecule has 1 spiro atoms. The molecule has 2 aromatic rings. The minimum Gasteiger partial charge on any atom is -0.388 e. The number of aromatic amines is 1. The van der Waals surface area contributed by atoms with Gasteiger partial charge in [-0.3, -0.25) is 4.79 Å². The number of carbonyl (C=O) groups is 1. The van der Waals surface area contributed by atoms with Crippen LogP contribution in [0, 0.1) is 5.82 Å². The normalized spacial score (nSPS) is 27.0. The predicted octanol–water partition coefficient (Wildman–Crippen LogP) is 1.25. The van der Waals surface area contributed by atoms with Gasteiger partial charge < -0.3 is 25.0 Å². The van der Waals surface area contributed by atoms with E-state index in [0.717, 1.165) is 12.4 Å². The van der Waals surface area contributed by atoms with Crippen LogP contribution >= 0.6 is 0 Å². The predicted molar refractivity (Wildman–Crippen MR) is 99.4 cm³/mol. The summed E-state index contributed by atoms with van der Waals surface area (Å²) in [5.74, 6) is -0.232. The van der Waals surface area contributed by atoms with Gasteiger partial charge in [-0.2, -0.15) is 0 Å². The lowest BCUT2D eigenvalue weighted by Crippen LogP contribution is -2.64. The van der Waals surface area contributed by atoms with Crippen molar-refractivity contribution in [2.75, 3.05) is 24.6 Å². The second-order valence-electron chi connectivity index (χ2n) is 7.83. The summed E-state index contributed by atoms with van der Waals surface area (Å²) in [7, 11) is 0. The van der Waals surface area contributed by atoms with Crippen molar-refractivity contribution in [2.45, 2.75) is 43.4 Å². The minimum absolute atomic E-state index is 0.243. The van der Waals surface area contributed by atoms with E-state index < -0.39 is 23.1 Å². The summed E-state index contributed by atoms with van der Waals surface area (Å²) >= 11 is 0. The molecular formula is C19H24FN5O3. The maximum atomic E-state index is 13.0. The van der Waals surface area contributed by atoms with Gasteiger partial charge in [0.1, 0.15) is 5.69 Å². The quantitative estimate of drug-likeness (QED) is 0.730. The number of piperidine rings is 1. The van der Waals surface area contributed by atoms with E-state index in [9.17, 15) is 14.3 Å². The molecule has 28 heavy (non-hydrogen) atoms. The molecule has 2 saturated heterocycles. The molecule has 2 aliphatic heterocycles. The lowest BCUT2D eigenvalue weighted by Gasteiger charge is -2.51. The molecule has 9 heteroatoms. The molecule has 8 nitrogen and oxygen atoms in total. The van der Waals surface area contributed by atoms with Gasteiger partial charge in [0.25, 0.3) is 5.91 Å². The van der Waals surface area contributed by atoms with Crippen molar-refractivity contribution in [3.05, 3.63) is 42.2 Å². The number of rotatable bonds is 3. The number of ether oxygens (including phenoxy) is 1. The van der Waals surface area contributed by atoms with E-state index >= 15 is 0 Å². The van der Waals surface area contributed by atoms with Crippen LogP contribution < -0.4 is 10.2 Å². The number of hydrogen-bond donors (Lipinski definition) is 3. The van der Waals surface area contributed by atoms with Gasteiger partial charge in [0.05, 0.1) is 36.2 Å². The first-order valence-electron chi connectivity index (χ1n) is 9.40. The zero-order chi connectivity index (χ0) is 19.8. The smallest absolute Gasteiger partial charge is 0.268 e. The first-order valence-corrected chi connectivity index (χ1v) is 9.40. The van der Waals surface area contributed by atoms with Gasteiger partial charge in [0, 0.05) is 25.7 Å². The molecule has 0 aliphatic carbocycles. The largest absolute Gasteiger partial charge is 0.388 e. The van der Waals surface area contributed by atoms with Crippen molar-refractivity contribution in [3.63, 3.8) is 0 Å². The van der Waals surface area contributed by atoms with Gasteiger partial charge in [-0.05, 0) is 31.9 Å². The average Bonchev–Trinajstić information content (AvgIpc) is 3.20. The molecule has 4 heterocycles. The summed E-state index contributed by atoms with van der Waals surface area (Å²) in [6.07, 6.45) is 5.81. The standard InChI is InChI=1S/C19H24FN5O3/c1-18(27)12-19(28-11-15(18)24-16(26)14-3-2-6-21-14)4-7-25(8-5-19)17-22-9-13(20)10-23-17/h2-3,6,9-10,15,21,27H,4-5,7-8,11-12H2,1H3,(H,24,26)/t15-,18-/m0/s1. The summed E-state index contributed by atoms with van der Waals surface area (Å²) in [5, 5.41) is 13.9. The topological polar surface area (TPSA) is 103 Å². The Hall–Kier alpha value is -2.52. The Morgan fingerprint density at radius 1 is 1.39 bits per heavy atom. The van der Waals surface area contributed by atoms with Gasteiger partial charge in [0.2, 0.25) is 5.95 Å². The lowest BCUT2D eigenvalue weighted by molar-refractivity contribution is -0.176.